The van der Waals surface area contributed by atoms with Crippen molar-refractivity contribution in [2.24, 2.45) is 0 Å². The number of rotatable bonds is 6. The summed E-state index contributed by atoms with van der Waals surface area (Å²) >= 11 is 0. The van der Waals surface area contributed by atoms with Crippen molar-refractivity contribution in [3.05, 3.63) is 58.3 Å². The molecule has 1 aliphatic rings. The fraction of sp³-hybridized carbons (Fsp3) is 0.389. The van der Waals surface area contributed by atoms with Gasteiger partial charge in [-0.1, -0.05) is 0 Å². The Labute approximate surface area is 163 Å². The van der Waals surface area contributed by atoms with Crippen LogP contribution in [0.4, 0.5) is 0 Å². The SMILES string of the molecule is Cc1cncn(CCNC(=O)c2ccc(S(=O)(=O)N3CCOCC3)cc2)c1=O. The molecular weight excluding hydrogens is 384 g/mol. The summed E-state index contributed by atoms with van der Waals surface area (Å²) in [4.78, 5) is 28.3. The van der Waals surface area contributed by atoms with Crippen molar-refractivity contribution < 1.29 is 17.9 Å². The van der Waals surface area contributed by atoms with Gasteiger partial charge in [-0.15, -0.1) is 0 Å². The second-order valence-electron chi connectivity index (χ2n) is 6.37. The lowest BCUT2D eigenvalue weighted by atomic mass is 10.2. The molecular formula is C18H22N4O5S. The van der Waals surface area contributed by atoms with Gasteiger partial charge < -0.3 is 10.1 Å². The highest BCUT2D eigenvalue weighted by atomic mass is 32.2. The van der Waals surface area contributed by atoms with Gasteiger partial charge in [0.25, 0.3) is 11.5 Å². The first kappa shape index (κ1) is 20.2. The van der Waals surface area contributed by atoms with Gasteiger partial charge in [0.1, 0.15) is 0 Å². The lowest BCUT2D eigenvalue weighted by Crippen LogP contribution is -2.40. The van der Waals surface area contributed by atoms with E-state index in [0.717, 1.165) is 0 Å². The molecule has 3 rings (SSSR count). The van der Waals surface area contributed by atoms with Crippen LogP contribution in [0.1, 0.15) is 15.9 Å². The molecule has 1 aromatic carbocycles. The fourth-order valence-corrected chi connectivity index (χ4v) is 4.23. The number of hydrogen-bond acceptors (Lipinski definition) is 6. The summed E-state index contributed by atoms with van der Waals surface area (Å²) in [5.74, 6) is -0.344. The third-order valence-electron chi connectivity index (χ3n) is 4.44. The van der Waals surface area contributed by atoms with Gasteiger partial charge in [-0.3, -0.25) is 14.2 Å². The van der Waals surface area contributed by atoms with Crippen LogP contribution in [-0.4, -0.2) is 61.0 Å². The zero-order chi connectivity index (χ0) is 20.1. The predicted octanol–water partition coefficient (Wildman–Crippen LogP) is 0.00262. The molecule has 0 spiro atoms. The maximum absolute atomic E-state index is 12.6. The highest BCUT2D eigenvalue weighted by molar-refractivity contribution is 7.89. The minimum atomic E-state index is -3.59. The number of nitrogens with one attached hydrogen (secondary N) is 1. The van der Waals surface area contributed by atoms with Crippen LogP contribution >= 0.6 is 0 Å². The van der Waals surface area contributed by atoms with Crippen LogP contribution < -0.4 is 10.9 Å². The summed E-state index contributed by atoms with van der Waals surface area (Å²) in [5, 5.41) is 2.71. The molecule has 1 N–H and O–H groups in total. The van der Waals surface area contributed by atoms with E-state index < -0.39 is 10.0 Å². The van der Waals surface area contributed by atoms with Gasteiger partial charge >= 0.3 is 0 Å². The third kappa shape index (κ3) is 4.46. The van der Waals surface area contributed by atoms with Crippen LogP contribution in [0.25, 0.3) is 0 Å². The molecule has 10 heteroatoms. The second-order valence-corrected chi connectivity index (χ2v) is 8.31. The summed E-state index contributed by atoms with van der Waals surface area (Å²) < 4.78 is 33.2. The van der Waals surface area contributed by atoms with Crippen LogP contribution in [0.3, 0.4) is 0 Å². The Kier molecular flexibility index (Phi) is 6.22. The number of morpholine rings is 1. The smallest absolute Gasteiger partial charge is 0.256 e. The maximum Gasteiger partial charge on any atom is 0.256 e. The summed E-state index contributed by atoms with van der Waals surface area (Å²) in [6.45, 7) is 3.60. The number of ether oxygens (including phenoxy) is 1. The van der Waals surface area contributed by atoms with Gasteiger partial charge in [-0.05, 0) is 31.2 Å². The van der Waals surface area contributed by atoms with E-state index >= 15 is 0 Å². The summed E-state index contributed by atoms with van der Waals surface area (Å²) in [5.41, 5.74) is 0.725. The molecule has 0 bridgehead atoms. The van der Waals surface area contributed by atoms with Crippen molar-refractivity contribution in [2.75, 3.05) is 32.8 Å². The molecule has 1 aliphatic heterocycles. The van der Waals surface area contributed by atoms with Gasteiger partial charge in [0.15, 0.2) is 0 Å². The van der Waals surface area contributed by atoms with Gasteiger partial charge in [0, 0.05) is 43.5 Å². The Morgan fingerprint density at radius 1 is 1.21 bits per heavy atom. The van der Waals surface area contributed by atoms with E-state index in [1.165, 1.54) is 45.7 Å². The van der Waals surface area contributed by atoms with Crippen LogP contribution in [0.5, 0.6) is 0 Å². The topological polar surface area (TPSA) is 111 Å². The average Bonchev–Trinajstić information content (AvgIpc) is 2.72. The zero-order valence-electron chi connectivity index (χ0n) is 15.5. The Bertz CT molecular complexity index is 995. The second kappa shape index (κ2) is 8.63. The number of amides is 1. The molecule has 1 saturated heterocycles. The molecule has 2 heterocycles. The standard InChI is InChI=1S/C18H22N4O5S/c1-14-12-19-13-21(18(14)24)7-6-20-17(23)15-2-4-16(5-3-15)28(25,26)22-8-10-27-11-9-22/h2-5,12-13H,6-11H2,1H3,(H,20,23). The number of hydrogen-bond donors (Lipinski definition) is 1. The molecule has 1 fully saturated rings. The molecule has 28 heavy (non-hydrogen) atoms. The predicted molar refractivity (Wildman–Crippen MR) is 102 cm³/mol. The number of benzene rings is 1. The molecule has 0 saturated carbocycles. The molecule has 1 amide bonds. The fourth-order valence-electron chi connectivity index (χ4n) is 2.83. The van der Waals surface area contributed by atoms with Gasteiger partial charge in [0.2, 0.25) is 10.0 Å². The van der Waals surface area contributed by atoms with E-state index in [-0.39, 0.29) is 22.9 Å². The molecule has 0 radical (unpaired) electrons. The highest BCUT2D eigenvalue weighted by Crippen LogP contribution is 2.17. The first-order valence-electron chi connectivity index (χ1n) is 8.87. The Morgan fingerprint density at radius 2 is 1.89 bits per heavy atom. The Morgan fingerprint density at radius 3 is 2.57 bits per heavy atom. The van der Waals surface area contributed by atoms with Crippen molar-refractivity contribution in [3.63, 3.8) is 0 Å². The van der Waals surface area contributed by atoms with Gasteiger partial charge in [-0.25, -0.2) is 13.4 Å². The number of aromatic nitrogens is 2. The van der Waals surface area contributed by atoms with E-state index in [4.69, 9.17) is 4.74 Å². The zero-order valence-corrected chi connectivity index (χ0v) is 16.3. The Hall–Kier alpha value is -2.56. The molecule has 2 aromatic rings. The van der Waals surface area contributed by atoms with Gasteiger partial charge in [-0.2, -0.15) is 4.31 Å². The summed E-state index contributed by atoms with van der Waals surface area (Å²) in [6, 6.07) is 5.80. The molecule has 150 valence electrons. The lowest BCUT2D eigenvalue weighted by Gasteiger charge is -2.26. The summed E-state index contributed by atoms with van der Waals surface area (Å²) in [7, 11) is -3.59. The average molecular weight is 406 g/mol. The first-order valence-corrected chi connectivity index (χ1v) is 10.3. The van der Waals surface area contributed by atoms with Crippen molar-refractivity contribution in [1.29, 1.82) is 0 Å². The lowest BCUT2D eigenvalue weighted by molar-refractivity contribution is 0.0730. The number of carbonyl (C=O) groups is 1. The summed E-state index contributed by atoms with van der Waals surface area (Å²) in [6.07, 6.45) is 2.91. The highest BCUT2D eigenvalue weighted by Gasteiger charge is 2.26. The molecule has 9 nitrogen and oxygen atoms in total. The number of carbonyl (C=O) groups excluding carboxylic acids is 1. The van der Waals surface area contributed by atoms with Gasteiger partial charge in [0.05, 0.1) is 24.4 Å². The molecule has 0 aliphatic carbocycles. The van der Waals surface area contributed by atoms with Crippen LogP contribution in [0.15, 0.2) is 46.5 Å². The normalized spacial score (nSPS) is 15.3. The quantitative estimate of drug-likeness (QED) is 0.723. The molecule has 0 atom stereocenters. The first-order chi connectivity index (χ1) is 13.4. The largest absolute Gasteiger partial charge is 0.379 e. The van der Waals surface area contributed by atoms with Crippen molar-refractivity contribution >= 4 is 15.9 Å². The van der Waals surface area contributed by atoms with Crippen LogP contribution in [-0.2, 0) is 21.3 Å². The Balaban J connectivity index is 1.60. The number of sulfonamides is 1. The monoisotopic (exact) mass is 406 g/mol. The number of aryl methyl sites for hydroxylation is 1. The van der Waals surface area contributed by atoms with Crippen LogP contribution in [0, 0.1) is 6.92 Å². The molecule has 1 aromatic heterocycles. The maximum atomic E-state index is 12.6. The van der Waals surface area contributed by atoms with Crippen molar-refractivity contribution in [2.45, 2.75) is 18.4 Å². The minimum Gasteiger partial charge on any atom is -0.379 e. The van der Waals surface area contributed by atoms with Crippen LogP contribution in [0.2, 0.25) is 0 Å². The third-order valence-corrected chi connectivity index (χ3v) is 6.35. The minimum absolute atomic E-state index is 0.142. The van der Waals surface area contributed by atoms with Crippen molar-refractivity contribution in [1.82, 2.24) is 19.2 Å². The number of nitrogens with zero attached hydrogens (tertiary/aromatic N) is 3. The van der Waals surface area contributed by atoms with E-state index in [1.54, 1.807) is 6.92 Å². The van der Waals surface area contributed by atoms with E-state index in [2.05, 4.69) is 10.3 Å². The van der Waals surface area contributed by atoms with E-state index in [0.29, 0.717) is 44.0 Å². The van der Waals surface area contributed by atoms with E-state index in [9.17, 15) is 18.0 Å². The van der Waals surface area contributed by atoms with E-state index in [1.807, 2.05) is 0 Å². The molecule has 0 unspecified atom stereocenters. The van der Waals surface area contributed by atoms with Crippen molar-refractivity contribution in [3.8, 4) is 0 Å².